The van der Waals surface area contributed by atoms with E-state index in [9.17, 15) is 4.79 Å². The summed E-state index contributed by atoms with van der Waals surface area (Å²) in [5, 5.41) is 8.05. The molecule has 152 valence electrons. The van der Waals surface area contributed by atoms with Crippen LogP contribution >= 0.6 is 11.6 Å². The highest BCUT2D eigenvalue weighted by Gasteiger charge is 2.50. The minimum absolute atomic E-state index is 0.171. The van der Waals surface area contributed by atoms with Gasteiger partial charge in [0.1, 0.15) is 5.75 Å². The second-order valence-electron chi connectivity index (χ2n) is 8.33. The molecular formula is C23H26ClN3O2. The Balaban J connectivity index is 1.37. The number of amides is 1. The summed E-state index contributed by atoms with van der Waals surface area (Å²) in [6.07, 6.45) is 2.01. The van der Waals surface area contributed by atoms with Crippen molar-refractivity contribution >= 4 is 23.2 Å². The third-order valence-electron chi connectivity index (χ3n) is 6.61. The highest BCUT2D eigenvalue weighted by molar-refractivity contribution is 6.30. The van der Waals surface area contributed by atoms with E-state index in [0.717, 1.165) is 41.4 Å². The summed E-state index contributed by atoms with van der Waals surface area (Å²) >= 11 is 6.19. The van der Waals surface area contributed by atoms with Gasteiger partial charge in [-0.25, -0.2) is 0 Å². The van der Waals surface area contributed by atoms with Crippen LogP contribution in [0.2, 0.25) is 5.02 Å². The van der Waals surface area contributed by atoms with E-state index in [2.05, 4.69) is 28.8 Å². The number of hydrogen-bond acceptors (Lipinski definition) is 4. The van der Waals surface area contributed by atoms with Crippen LogP contribution in [0, 0.1) is 5.92 Å². The zero-order chi connectivity index (χ0) is 20.1. The number of rotatable bonds is 5. The van der Waals surface area contributed by atoms with Crippen molar-refractivity contribution < 1.29 is 9.53 Å². The molecule has 0 aromatic heterocycles. The van der Waals surface area contributed by atoms with E-state index in [1.165, 1.54) is 11.1 Å². The average Bonchev–Trinajstić information content (AvgIpc) is 3.40. The summed E-state index contributed by atoms with van der Waals surface area (Å²) in [4.78, 5) is 14.3. The van der Waals surface area contributed by atoms with Gasteiger partial charge in [-0.05, 0) is 60.7 Å². The first kappa shape index (κ1) is 18.9. The number of anilines is 1. The highest BCUT2D eigenvalue weighted by atomic mass is 35.5. The van der Waals surface area contributed by atoms with Crippen molar-refractivity contribution in [3.8, 4) is 5.75 Å². The zero-order valence-electron chi connectivity index (χ0n) is 16.7. The highest BCUT2D eigenvalue weighted by Crippen LogP contribution is 2.56. The molecule has 5 nitrogen and oxygen atoms in total. The van der Waals surface area contributed by atoms with Gasteiger partial charge >= 0.3 is 0 Å². The summed E-state index contributed by atoms with van der Waals surface area (Å²) in [6.45, 7) is 1.66. The Labute approximate surface area is 176 Å². The molecule has 0 bridgehead atoms. The molecule has 0 spiro atoms. The van der Waals surface area contributed by atoms with Gasteiger partial charge in [-0.2, -0.15) is 0 Å². The van der Waals surface area contributed by atoms with Crippen molar-refractivity contribution in [3.05, 3.63) is 58.1 Å². The van der Waals surface area contributed by atoms with Gasteiger partial charge in [-0.15, -0.1) is 0 Å². The molecule has 5 rings (SSSR count). The Kier molecular flexibility index (Phi) is 4.77. The van der Waals surface area contributed by atoms with E-state index in [-0.39, 0.29) is 17.9 Å². The molecule has 2 aliphatic heterocycles. The minimum atomic E-state index is 0.171. The molecule has 1 aliphatic carbocycles. The molecule has 2 N–H and O–H groups in total. The molecule has 3 aliphatic rings. The van der Waals surface area contributed by atoms with Crippen LogP contribution in [0.1, 0.15) is 41.5 Å². The van der Waals surface area contributed by atoms with Crippen molar-refractivity contribution in [1.29, 1.82) is 0 Å². The number of fused-ring (bicyclic) bond motifs is 3. The smallest absolute Gasteiger partial charge is 0.230 e. The number of ether oxygens (including phenoxy) is 1. The van der Waals surface area contributed by atoms with Gasteiger partial charge in [-0.3, -0.25) is 4.79 Å². The normalized spacial score (nSPS) is 27.6. The summed E-state index contributed by atoms with van der Waals surface area (Å²) in [6, 6.07) is 12.9. The van der Waals surface area contributed by atoms with Gasteiger partial charge < -0.3 is 20.3 Å². The Bertz CT molecular complexity index is 963. The molecule has 2 aromatic rings. The first-order valence-corrected chi connectivity index (χ1v) is 10.6. The van der Waals surface area contributed by atoms with Crippen LogP contribution in [0.5, 0.6) is 5.75 Å². The fourth-order valence-corrected chi connectivity index (χ4v) is 5.14. The fourth-order valence-electron chi connectivity index (χ4n) is 4.94. The quantitative estimate of drug-likeness (QED) is 0.789. The average molecular weight is 412 g/mol. The summed E-state index contributed by atoms with van der Waals surface area (Å²) in [5.74, 6) is 1.68. The zero-order valence-corrected chi connectivity index (χ0v) is 17.5. The molecule has 1 saturated carbocycles. The summed E-state index contributed by atoms with van der Waals surface area (Å²) in [5.41, 5.74) is 4.57. The Morgan fingerprint density at radius 2 is 2.14 bits per heavy atom. The second kappa shape index (κ2) is 7.31. The number of benzene rings is 2. The Morgan fingerprint density at radius 3 is 2.93 bits per heavy atom. The number of nitrogens with one attached hydrogen (secondary N) is 2. The maximum atomic E-state index is 12.4. The first-order valence-electron chi connectivity index (χ1n) is 10.3. The van der Waals surface area contributed by atoms with Crippen LogP contribution in [0.25, 0.3) is 0 Å². The van der Waals surface area contributed by atoms with Gasteiger partial charge in [0.2, 0.25) is 5.91 Å². The van der Waals surface area contributed by atoms with Gasteiger partial charge in [0, 0.05) is 47.9 Å². The largest absolute Gasteiger partial charge is 0.496 e. The maximum absolute atomic E-state index is 12.4. The van der Waals surface area contributed by atoms with Crippen molar-refractivity contribution in [2.45, 2.75) is 37.4 Å². The monoisotopic (exact) mass is 411 g/mol. The molecule has 0 radical (unpaired) electrons. The van der Waals surface area contributed by atoms with Gasteiger partial charge in [0.05, 0.1) is 7.11 Å². The summed E-state index contributed by atoms with van der Waals surface area (Å²) < 4.78 is 5.71. The third-order valence-corrected chi connectivity index (χ3v) is 6.85. The molecule has 1 amide bonds. The van der Waals surface area contributed by atoms with Crippen molar-refractivity contribution in [1.82, 2.24) is 10.6 Å². The minimum Gasteiger partial charge on any atom is -0.496 e. The molecule has 2 fully saturated rings. The number of halogens is 1. The number of methoxy groups -OCH3 is 1. The predicted octanol–water partition coefficient (Wildman–Crippen LogP) is 3.62. The van der Waals surface area contributed by atoms with Crippen molar-refractivity contribution in [2.24, 2.45) is 5.92 Å². The first-order chi connectivity index (χ1) is 14.1. The molecule has 4 atom stereocenters. The van der Waals surface area contributed by atoms with Crippen LogP contribution < -0.4 is 20.3 Å². The molecule has 1 saturated heterocycles. The van der Waals surface area contributed by atoms with Crippen molar-refractivity contribution in [2.75, 3.05) is 25.6 Å². The van der Waals surface area contributed by atoms with Gasteiger partial charge in [0.15, 0.2) is 0 Å². The Hall–Kier alpha value is -2.08. The molecular weight excluding hydrogens is 386 g/mol. The van der Waals surface area contributed by atoms with Crippen LogP contribution in [0.15, 0.2) is 36.4 Å². The lowest BCUT2D eigenvalue weighted by atomic mass is 9.97. The lowest BCUT2D eigenvalue weighted by molar-refractivity contribution is -0.119. The Morgan fingerprint density at radius 1 is 1.28 bits per heavy atom. The third kappa shape index (κ3) is 3.31. The van der Waals surface area contributed by atoms with Gasteiger partial charge in [0.25, 0.3) is 0 Å². The lowest BCUT2D eigenvalue weighted by Crippen LogP contribution is -2.34. The van der Waals surface area contributed by atoms with Crippen LogP contribution in [0.4, 0.5) is 5.69 Å². The number of hydrogen-bond donors (Lipinski definition) is 2. The van der Waals surface area contributed by atoms with E-state index < -0.39 is 0 Å². The second-order valence-corrected chi connectivity index (χ2v) is 8.77. The van der Waals surface area contributed by atoms with Gasteiger partial charge in [-0.1, -0.05) is 23.7 Å². The van der Waals surface area contributed by atoms with Crippen LogP contribution in [-0.4, -0.2) is 32.7 Å². The SMILES string of the molecule is COc1cc2c(cc1CNC1CCNC1c1cccc(Cl)c1)N(C)C(=O)[C@H]1C[C@@H]21. The van der Waals surface area contributed by atoms with E-state index >= 15 is 0 Å². The number of carbonyl (C=O) groups is 1. The molecule has 2 heterocycles. The van der Waals surface area contributed by atoms with E-state index in [1.54, 1.807) is 7.11 Å². The standard InChI is InChI=1S/C23H26ClN3O2/c1-27-20-9-14(21(29-2)11-17(20)16-10-18(16)23(27)28)12-26-19-6-7-25-22(19)13-4-3-5-15(24)8-13/h3-5,8-9,11,16,18-19,22,25-26H,6-7,10,12H2,1-2H3/t16-,18-,19?,22?/m0/s1. The maximum Gasteiger partial charge on any atom is 0.230 e. The number of carbonyl (C=O) groups excluding carboxylic acids is 1. The molecule has 29 heavy (non-hydrogen) atoms. The summed E-state index contributed by atoms with van der Waals surface area (Å²) in [7, 11) is 3.61. The van der Waals surface area contributed by atoms with Crippen LogP contribution in [-0.2, 0) is 11.3 Å². The fraction of sp³-hybridized carbons (Fsp3) is 0.435. The molecule has 2 unspecified atom stereocenters. The predicted molar refractivity (Wildman–Crippen MR) is 115 cm³/mol. The molecule has 2 aromatic carbocycles. The van der Waals surface area contributed by atoms with E-state index in [4.69, 9.17) is 16.3 Å². The lowest BCUT2D eigenvalue weighted by Gasteiger charge is -2.28. The van der Waals surface area contributed by atoms with Crippen molar-refractivity contribution in [3.63, 3.8) is 0 Å². The van der Waals surface area contributed by atoms with E-state index in [1.807, 2.05) is 30.1 Å². The topological polar surface area (TPSA) is 53.6 Å². The van der Waals surface area contributed by atoms with E-state index in [0.29, 0.717) is 18.5 Å². The van der Waals surface area contributed by atoms with Crippen LogP contribution in [0.3, 0.4) is 0 Å². The molecule has 6 heteroatoms. The number of nitrogens with zero attached hydrogens (tertiary/aromatic N) is 1.